The molecule has 1 fully saturated rings. The third-order valence-corrected chi connectivity index (χ3v) is 2.98. The van der Waals surface area contributed by atoms with E-state index in [0.29, 0.717) is 6.54 Å². The van der Waals surface area contributed by atoms with Gasteiger partial charge in [0.1, 0.15) is 6.61 Å². The maximum Gasteiger partial charge on any atom is 0.407 e. The van der Waals surface area contributed by atoms with Gasteiger partial charge in [0.2, 0.25) is 0 Å². The summed E-state index contributed by atoms with van der Waals surface area (Å²) in [6.07, 6.45) is 0.320. The molecule has 1 saturated heterocycles. The van der Waals surface area contributed by atoms with Gasteiger partial charge in [-0.25, -0.2) is 4.79 Å². The lowest BCUT2D eigenvalue weighted by Crippen LogP contribution is -2.36. The van der Waals surface area contributed by atoms with Crippen LogP contribution in [0.3, 0.4) is 0 Å². The molecule has 1 heterocycles. The third-order valence-electron chi connectivity index (χ3n) is 2.98. The average Bonchev–Trinajstić information content (AvgIpc) is 2.85. The number of alkyl carbamates (subject to hydrolysis) is 1. The van der Waals surface area contributed by atoms with E-state index < -0.39 is 6.09 Å². The van der Waals surface area contributed by atoms with Crippen LogP contribution >= 0.6 is 0 Å². The lowest BCUT2D eigenvalue weighted by atomic mass is 10.2. The van der Waals surface area contributed by atoms with Crippen LogP contribution in [0.4, 0.5) is 4.79 Å². The molecular formula is C13H18N2O3. The Bertz CT molecular complexity index is 383. The van der Waals surface area contributed by atoms with E-state index in [-0.39, 0.29) is 25.3 Å². The fraction of sp³-hybridized carbons (Fsp3) is 0.462. The zero-order chi connectivity index (χ0) is 12.8. The van der Waals surface area contributed by atoms with Crippen LogP contribution in [0.5, 0.6) is 0 Å². The maximum atomic E-state index is 11.5. The normalized spacial score (nSPS) is 22.7. The molecule has 1 aliphatic rings. The largest absolute Gasteiger partial charge is 0.445 e. The molecule has 1 unspecified atom stereocenters. The van der Waals surface area contributed by atoms with Gasteiger partial charge in [0.25, 0.3) is 0 Å². The summed E-state index contributed by atoms with van der Waals surface area (Å²) in [7, 11) is 0. The highest BCUT2D eigenvalue weighted by Gasteiger charge is 2.24. The van der Waals surface area contributed by atoms with Gasteiger partial charge in [-0.1, -0.05) is 30.3 Å². The molecule has 0 radical (unpaired) electrons. The molecule has 5 heteroatoms. The molecule has 98 valence electrons. The molecule has 1 aromatic rings. The lowest BCUT2D eigenvalue weighted by Gasteiger charge is -2.12. The third kappa shape index (κ3) is 3.72. The maximum absolute atomic E-state index is 11.5. The van der Waals surface area contributed by atoms with Crippen molar-refractivity contribution in [2.24, 2.45) is 0 Å². The summed E-state index contributed by atoms with van der Waals surface area (Å²) < 4.78 is 5.12. The van der Waals surface area contributed by atoms with Crippen molar-refractivity contribution in [1.82, 2.24) is 10.6 Å². The van der Waals surface area contributed by atoms with Crippen molar-refractivity contribution in [3.05, 3.63) is 35.9 Å². The van der Waals surface area contributed by atoms with Crippen LogP contribution in [0.2, 0.25) is 0 Å². The molecule has 1 amide bonds. The second-order valence-corrected chi connectivity index (χ2v) is 4.43. The number of aliphatic hydroxyl groups excluding tert-OH is 1. The molecule has 5 nitrogen and oxygen atoms in total. The first-order valence-electron chi connectivity index (χ1n) is 6.09. The van der Waals surface area contributed by atoms with Crippen molar-refractivity contribution < 1.29 is 14.6 Å². The van der Waals surface area contributed by atoms with Gasteiger partial charge in [-0.05, 0) is 12.0 Å². The fourth-order valence-corrected chi connectivity index (χ4v) is 2.00. The van der Waals surface area contributed by atoms with E-state index in [9.17, 15) is 4.79 Å². The summed E-state index contributed by atoms with van der Waals surface area (Å²) in [5.41, 5.74) is 0.963. The van der Waals surface area contributed by atoms with E-state index in [1.54, 1.807) is 0 Å². The first-order valence-corrected chi connectivity index (χ1v) is 6.09. The van der Waals surface area contributed by atoms with Crippen LogP contribution in [-0.2, 0) is 11.3 Å². The van der Waals surface area contributed by atoms with E-state index in [0.717, 1.165) is 12.0 Å². The van der Waals surface area contributed by atoms with Crippen molar-refractivity contribution in [3.63, 3.8) is 0 Å². The number of amides is 1. The van der Waals surface area contributed by atoms with Gasteiger partial charge in [0.05, 0.1) is 6.61 Å². The molecule has 2 atom stereocenters. The quantitative estimate of drug-likeness (QED) is 0.733. The zero-order valence-electron chi connectivity index (χ0n) is 10.1. The molecular weight excluding hydrogens is 232 g/mol. The first-order chi connectivity index (χ1) is 8.78. The molecule has 0 aromatic heterocycles. The average molecular weight is 250 g/mol. The number of carbonyl (C=O) groups excluding carboxylic acids is 1. The molecule has 0 saturated carbocycles. The molecule has 0 spiro atoms. The van der Waals surface area contributed by atoms with E-state index in [1.165, 1.54) is 0 Å². The second kappa shape index (κ2) is 6.37. The summed E-state index contributed by atoms with van der Waals surface area (Å²) in [4.78, 5) is 11.5. The monoisotopic (exact) mass is 250 g/mol. The first kappa shape index (κ1) is 12.9. The Morgan fingerprint density at radius 1 is 1.44 bits per heavy atom. The molecule has 0 bridgehead atoms. The van der Waals surface area contributed by atoms with Gasteiger partial charge < -0.3 is 20.5 Å². The minimum Gasteiger partial charge on any atom is -0.445 e. The Kier molecular flexibility index (Phi) is 4.55. The van der Waals surface area contributed by atoms with Crippen molar-refractivity contribution in [2.75, 3.05) is 13.2 Å². The molecule has 0 aliphatic carbocycles. The van der Waals surface area contributed by atoms with Gasteiger partial charge in [-0.2, -0.15) is 0 Å². The van der Waals surface area contributed by atoms with E-state index in [1.807, 2.05) is 30.3 Å². The second-order valence-electron chi connectivity index (χ2n) is 4.43. The van der Waals surface area contributed by atoms with Crippen LogP contribution in [0.25, 0.3) is 0 Å². The lowest BCUT2D eigenvalue weighted by molar-refractivity contribution is 0.136. The smallest absolute Gasteiger partial charge is 0.407 e. The Morgan fingerprint density at radius 3 is 2.89 bits per heavy atom. The van der Waals surface area contributed by atoms with Crippen LogP contribution in [0, 0.1) is 0 Å². The van der Waals surface area contributed by atoms with Crippen LogP contribution in [0.15, 0.2) is 30.3 Å². The van der Waals surface area contributed by atoms with Crippen LogP contribution in [0.1, 0.15) is 12.0 Å². The van der Waals surface area contributed by atoms with Crippen LogP contribution < -0.4 is 10.6 Å². The number of benzene rings is 1. The Hall–Kier alpha value is -1.59. The number of ether oxygens (including phenoxy) is 1. The predicted molar refractivity (Wildman–Crippen MR) is 67.0 cm³/mol. The number of hydrogen-bond acceptors (Lipinski definition) is 4. The number of rotatable bonds is 4. The summed E-state index contributed by atoms with van der Waals surface area (Å²) in [5, 5.41) is 14.9. The minimum absolute atomic E-state index is 0.0328. The summed E-state index contributed by atoms with van der Waals surface area (Å²) in [6.45, 7) is 1.04. The predicted octanol–water partition coefficient (Wildman–Crippen LogP) is 0.636. The molecule has 3 N–H and O–H groups in total. The summed E-state index contributed by atoms with van der Waals surface area (Å²) in [5.74, 6) is 0. The summed E-state index contributed by atoms with van der Waals surface area (Å²) in [6, 6.07) is 9.66. The Labute approximate surface area is 106 Å². The minimum atomic E-state index is -0.413. The molecule has 2 rings (SSSR count). The number of nitrogens with one attached hydrogen (secondary N) is 2. The zero-order valence-corrected chi connectivity index (χ0v) is 10.1. The number of carbonyl (C=O) groups is 1. The van der Waals surface area contributed by atoms with Gasteiger partial charge >= 0.3 is 6.09 Å². The van der Waals surface area contributed by atoms with Crippen molar-refractivity contribution >= 4 is 6.09 Å². The Balaban J connectivity index is 1.70. The molecule has 1 aliphatic heterocycles. The molecule has 18 heavy (non-hydrogen) atoms. The molecule has 1 aromatic carbocycles. The van der Waals surface area contributed by atoms with Crippen LogP contribution in [-0.4, -0.2) is 36.4 Å². The van der Waals surface area contributed by atoms with Gasteiger partial charge in [-0.15, -0.1) is 0 Å². The van der Waals surface area contributed by atoms with Gasteiger partial charge in [0, 0.05) is 18.6 Å². The highest BCUT2D eigenvalue weighted by Crippen LogP contribution is 2.06. The van der Waals surface area contributed by atoms with E-state index in [4.69, 9.17) is 9.84 Å². The highest BCUT2D eigenvalue weighted by molar-refractivity contribution is 5.67. The standard InChI is InChI=1S/C13H18N2O3/c16-8-12-6-11(7-14-12)15-13(17)18-9-10-4-2-1-3-5-10/h1-5,11-12,14,16H,6-9H2,(H,15,17)/t11-,12?/m0/s1. The van der Waals surface area contributed by atoms with E-state index >= 15 is 0 Å². The van der Waals surface area contributed by atoms with Crippen molar-refractivity contribution in [2.45, 2.75) is 25.1 Å². The number of aliphatic hydroxyl groups is 1. The van der Waals surface area contributed by atoms with Crippen molar-refractivity contribution in [3.8, 4) is 0 Å². The fourth-order valence-electron chi connectivity index (χ4n) is 2.00. The SMILES string of the molecule is O=C(N[C@@H]1CNC(CO)C1)OCc1ccccc1. The van der Waals surface area contributed by atoms with Gasteiger partial charge in [-0.3, -0.25) is 0 Å². The van der Waals surface area contributed by atoms with E-state index in [2.05, 4.69) is 10.6 Å². The number of hydrogen-bond donors (Lipinski definition) is 3. The van der Waals surface area contributed by atoms with Gasteiger partial charge in [0.15, 0.2) is 0 Å². The summed E-state index contributed by atoms with van der Waals surface area (Å²) >= 11 is 0. The van der Waals surface area contributed by atoms with Crippen molar-refractivity contribution in [1.29, 1.82) is 0 Å². The highest BCUT2D eigenvalue weighted by atomic mass is 16.5. The topological polar surface area (TPSA) is 70.6 Å². The Morgan fingerprint density at radius 2 is 2.22 bits per heavy atom.